The number of aromatic nitrogens is 1. The summed E-state index contributed by atoms with van der Waals surface area (Å²) in [5, 5.41) is 15.1. The van der Waals surface area contributed by atoms with Crippen LogP contribution in [0.4, 0.5) is 10.5 Å². The minimum atomic E-state index is -0.731. The van der Waals surface area contributed by atoms with Crippen LogP contribution in [0.2, 0.25) is 0 Å². The molecule has 3 rings (SSSR count). The van der Waals surface area contributed by atoms with Crippen molar-refractivity contribution in [3.05, 3.63) is 82.3 Å². The Bertz CT molecular complexity index is 1200. The maximum Gasteiger partial charge on any atom is 0.319 e. The van der Waals surface area contributed by atoms with E-state index in [0.29, 0.717) is 5.56 Å². The van der Waals surface area contributed by atoms with Crippen molar-refractivity contribution in [2.24, 2.45) is 7.05 Å². The Labute approximate surface area is 191 Å². The van der Waals surface area contributed by atoms with Crippen molar-refractivity contribution in [2.75, 3.05) is 11.9 Å². The van der Waals surface area contributed by atoms with E-state index in [1.54, 1.807) is 6.92 Å². The van der Waals surface area contributed by atoms with Crippen molar-refractivity contribution in [2.45, 2.75) is 26.3 Å². The number of carbonyl (C=O) groups is 2. The van der Waals surface area contributed by atoms with Crippen LogP contribution in [0.25, 0.3) is 11.1 Å². The third-order valence-corrected chi connectivity index (χ3v) is 5.24. The predicted octanol–water partition coefficient (Wildman–Crippen LogP) is 3.88. The van der Waals surface area contributed by atoms with E-state index in [1.165, 1.54) is 23.9 Å². The summed E-state index contributed by atoms with van der Waals surface area (Å²) in [5.74, 6) is -0.818. The van der Waals surface area contributed by atoms with Crippen LogP contribution in [0.5, 0.6) is 5.75 Å². The average molecular weight is 450 g/mol. The molecule has 0 aliphatic heterocycles. The molecule has 0 aliphatic rings. The Morgan fingerprint density at radius 2 is 1.79 bits per heavy atom. The van der Waals surface area contributed by atoms with Gasteiger partial charge in [-0.3, -0.25) is 9.59 Å². The summed E-state index contributed by atoms with van der Waals surface area (Å²) in [4.78, 5) is 37.0. The molecule has 3 N–H and O–H groups in total. The van der Waals surface area contributed by atoms with Gasteiger partial charge in [0, 0.05) is 13.2 Å². The number of aryl methyl sites for hydroxylation is 2. The highest BCUT2D eigenvalue weighted by Gasteiger charge is 2.21. The Morgan fingerprint density at radius 3 is 2.45 bits per heavy atom. The van der Waals surface area contributed by atoms with Gasteiger partial charge in [-0.1, -0.05) is 48.5 Å². The van der Waals surface area contributed by atoms with Crippen LogP contribution in [0.1, 0.15) is 30.5 Å². The second-order valence-corrected chi connectivity index (χ2v) is 7.59. The van der Waals surface area contributed by atoms with Gasteiger partial charge in [-0.25, -0.2) is 4.79 Å². The lowest BCUT2D eigenvalue weighted by atomic mass is 9.97. The maximum atomic E-state index is 12.7. The van der Waals surface area contributed by atoms with Gasteiger partial charge < -0.3 is 25.0 Å². The Balaban J connectivity index is 1.84. The van der Waals surface area contributed by atoms with Crippen molar-refractivity contribution >= 4 is 17.7 Å². The summed E-state index contributed by atoms with van der Waals surface area (Å²) in [6.45, 7) is 3.96. The third-order valence-electron chi connectivity index (χ3n) is 5.24. The van der Waals surface area contributed by atoms with Gasteiger partial charge in [0.05, 0.1) is 19.1 Å². The van der Waals surface area contributed by atoms with Crippen molar-refractivity contribution in [3.63, 3.8) is 0 Å². The highest BCUT2D eigenvalue weighted by Crippen LogP contribution is 2.26. The fourth-order valence-electron chi connectivity index (χ4n) is 3.48. The molecule has 0 unspecified atom stereocenters. The van der Waals surface area contributed by atoms with E-state index < -0.39 is 23.6 Å². The molecule has 1 aromatic heterocycles. The quantitative estimate of drug-likeness (QED) is 0.474. The van der Waals surface area contributed by atoms with Gasteiger partial charge in [0.1, 0.15) is 5.75 Å². The molecule has 0 bridgehead atoms. The lowest BCUT2D eigenvalue weighted by molar-refractivity contribution is -0.143. The number of urea groups is 1. The smallest absolute Gasteiger partial charge is 0.319 e. The molecule has 33 heavy (non-hydrogen) atoms. The van der Waals surface area contributed by atoms with Crippen molar-refractivity contribution in [1.82, 2.24) is 9.88 Å². The molecule has 172 valence electrons. The zero-order valence-electron chi connectivity index (χ0n) is 18.8. The van der Waals surface area contributed by atoms with Gasteiger partial charge in [0.15, 0.2) is 5.69 Å². The summed E-state index contributed by atoms with van der Waals surface area (Å²) < 4.78 is 6.28. The molecule has 2 aromatic carbocycles. The van der Waals surface area contributed by atoms with Crippen LogP contribution >= 0.6 is 0 Å². The van der Waals surface area contributed by atoms with Crippen LogP contribution < -0.4 is 16.2 Å². The number of ether oxygens (including phenoxy) is 1. The summed E-state index contributed by atoms with van der Waals surface area (Å²) in [6.07, 6.45) is 1.30. The fourth-order valence-corrected chi connectivity index (χ4v) is 3.48. The first-order chi connectivity index (χ1) is 15.8. The van der Waals surface area contributed by atoms with E-state index in [0.717, 1.165) is 16.7 Å². The molecule has 0 fully saturated rings. The highest BCUT2D eigenvalue weighted by molar-refractivity contribution is 5.91. The number of hydrogen-bond acceptors (Lipinski definition) is 5. The summed E-state index contributed by atoms with van der Waals surface area (Å²) in [6, 6.07) is 15.4. The lowest BCUT2D eigenvalue weighted by Gasteiger charge is -2.20. The topological polar surface area (TPSA) is 110 Å². The zero-order valence-corrected chi connectivity index (χ0v) is 18.8. The van der Waals surface area contributed by atoms with E-state index in [9.17, 15) is 19.5 Å². The molecule has 0 saturated heterocycles. The van der Waals surface area contributed by atoms with Crippen LogP contribution in [-0.4, -0.2) is 28.3 Å². The first-order valence-corrected chi connectivity index (χ1v) is 10.6. The molecular weight excluding hydrogens is 422 g/mol. The largest absolute Gasteiger partial charge is 0.505 e. The number of esters is 1. The standard InChI is InChI=1S/C25H27N3O5/c1-4-33-22(30)15-20(26-25(32)27-23-21(29)13-14-28(3)24(23)31)18-11-9-17(10-12-18)19-8-6-5-7-16(19)2/h5-14,20,29H,4,15H2,1-3H3,(H2,26,27,32)/t20-/m0/s1. The Hall–Kier alpha value is -4.07. The minimum absolute atomic E-state index is 0.0935. The fraction of sp³-hybridized carbons (Fsp3) is 0.240. The maximum absolute atomic E-state index is 12.7. The number of nitrogens with zero attached hydrogens (tertiary/aromatic N) is 1. The van der Waals surface area contributed by atoms with Crippen molar-refractivity contribution in [3.8, 4) is 16.9 Å². The molecule has 8 nitrogen and oxygen atoms in total. The van der Waals surface area contributed by atoms with Crippen molar-refractivity contribution < 1.29 is 19.4 Å². The number of anilines is 1. The lowest BCUT2D eigenvalue weighted by Crippen LogP contribution is -2.36. The van der Waals surface area contributed by atoms with Gasteiger partial charge in [-0.15, -0.1) is 0 Å². The van der Waals surface area contributed by atoms with Gasteiger partial charge in [-0.2, -0.15) is 0 Å². The number of pyridine rings is 1. The normalized spacial score (nSPS) is 11.5. The SMILES string of the molecule is CCOC(=O)C[C@H](NC(=O)Nc1c(O)ccn(C)c1=O)c1ccc(-c2ccccc2C)cc1. The summed E-state index contributed by atoms with van der Waals surface area (Å²) >= 11 is 0. The minimum Gasteiger partial charge on any atom is -0.505 e. The molecular formula is C25H27N3O5. The number of benzene rings is 2. The number of amides is 2. The monoisotopic (exact) mass is 449 g/mol. The van der Waals surface area contributed by atoms with E-state index >= 15 is 0 Å². The Morgan fingerprint density at radius 1 is 1.09 bits per heavy atom. The number of aromatic hydroxyl groups is 1. The van der Waals surface area contributed by atoms with Crippen LogP contribution in [0, 0.1) is 6.92 Å². The number of hydrogen-bond donors (Lipinski definition) is 3. The van der Waals surface area contributed by atoms with E-state index in [4.69, 9.17) is 4.74 Å². The molecule has 0 saturated carbocycles. The van der Waals surface area contributed by atoms with Gasteiger partial charge in [-0.05, 0) is 42.2 Å². The predicted molar refractivity (Wildman–Crippen MR) is 126 cm³/mol. The van der Waals surface area contributed by atoms with Gasteiger partial charge in [0.2, 0.25) is 0 Å². The molecule has 3 aromatic rings. The second-order valence-electron chi connectivity index (χ2n) is 7.59. The molecule has 1 atom stereocenters. The highest BCUT2D eigenvalue weighted by atomic mass is 16.5. The summed E-state index contributed by atoms with van der Waals surface area (Å²) in [5.41, 5.74) is 3.12. The zero-order chi connectivity index (χ0) is 24.0. The first-order valence-electron chi connectivity index (χ1n) is 10.6. The third kappa shape index (κ3) is 5.79. The second kappa shape index (κ2) is 10.5. The van der Waals surface area contributed by atoms with Crippen molar-refractivity contribution in [1.29, 1.82) is 0 Å². The molecule has 0 radical (unpaired) electrons. The summed E-state index contributed by atoms with van der Waals surface area (Å²) in [7, 11) is 1.50. The number of nitrogens with one attached hydrogen (secondary N) is 2. The van der Waals surface area contributed by atoms with Crippen LogP contribution in [-0.2, 0) is 16.6 Å². The van der Waals surface area contributed by atoms with Crippen LogP contribution in [0.15, 0.2) is 65.6 Å². The average Bonchev–Trinajstić information content (AvgIpc) is 2.79. The first kappa shape index (κ1) is 23.6. The van der Waals surface area contributed by atoms with E-state index in [2.05, 4.69) is 10.6 Å². The van der Waals surface area contributed by atoms with E-state index in [1.807, 2.05) is 55.5 Å². The molecule has 0 aliphatic carbocycles. The van der Waals surface area contributed by atoms with Gasteiger partial charge in [0.25, 0.3) is 5.56 Å². The number of carbonyl (C=O) groups excluding carboxylic acids is 2. The molecule has 1 heterocycles. The van der Waals surface area contributed by atoms with Gasteiger partial charge >= 0.3 is 12.0 Å². The Kier molecular flexibility index (Phi) is 7.50. The van der Waals surface area contributed by atoms with Crippen LogP contribution in [0.3, 0.4) is 0 Å². The molecule has 8 heteroatoms. The number of rotatable bonds is 7. The molecule has 2 amide bonds. The molecule has 0 spiro atoms. The van der Waals surface area contributed by atoms with E-state index in [-0.39, 0.29) is 24.5 Å².